The van der Waals surface area contributed by atoms with Gasteiger partial charge in [0.15, 0.2) is 0 Å². The average molecular weight is 779 g/mol. The maximum atomic E-state index is 15.5. The van der Waals surface area contributed by atoms with Gasteiger partial charge in [-0.05, 0) is 189 Å². The number of rotatable bonds is 4. The Kier molecular flexibility index (Phi) is 6.24. The lowest BCUT2D eigenvalue weighted by Gasteiger charge is -2.68. The minimum absolute atomic E-state index is 0.0956. The molecule has 5 saturated carbocycles. The molecule has 0 saturated heterocycles. The maximum Gasteiger partial charge on any atom is 0.282 e. The zero-order chi connectivity index (χ0) is 39.2. The molecule has 8 aliphatic rings. The first kappa shape index (κ1) is 33.0. The molecule has 6 bridgehead atoms. The lowest BCUT2D eigenvalue weighted by Crippen LogP contribution is -2.59. The molecular formula is C56H46N2O2. The number of hydrogen-bond acceptors (Lipinski definition) is 2. The van der Waals surface area contributed by atoms with E-state index >= 15 is 9.59 Å². The van der Waals surface area contributed by atoms with Crippen LogP contribution in [0.3, 0.4) is 0 Å². The Hall–Kier alpha value is -5.74. The number of fused-ring (bicyclic) bond motifs is 10. The smallest absolute Gasteiger partial charge is 0.267 e. The molecule has 0 aliphatic heterocycles. The van der Waals surface area contributed by atoms with Gasteiger partial charge in [0.1, 0.15) is 0 Å². The highest BCUT2D eigenvalue weighted by Crippen LogP contribution is 2.82. The van der Waals surface area contributed by atoms with Crippen LogP contribution in [-0.4, -0.2) is 9.03 Å². The third-order valence-electron chi connectivity index (χ3n) is 18.0. The van der Waals surface area contributed by atoms with E-state index in [0.717, 1.165) is 46.5 Å². The van der Waals surface area contributed by atoms with Crippen molar-refractivity contribution in [2.45, 2.75) is 81.5 Å². The maximum absolute atomic E-state index is 15.5. The Morgan fingerprint density at radius 1 is 0.417 bits per heavy atom. The van der Waals surface area contributed by atoms with E-state index in [-0.39, 0.29) is 11.1 Å². The largest absolute Gasteiger partial charge is 0.282 e. The van der Waals surface area contributed by atoms with E-state index in [2.05, 4.69) is 126 Å². The normalized spacial score (nSPS) is 29.9. The van der Waals surface area contributed by atoms with Crippen LogP contribution in [0.5, 0.6) is 0 Å². The molecule has 0 N–H and O–H groups in total. The molecule has 16 rings (SSSR count). The predicted molar refractivity (Wildman–Crippen MR) is 240 cm³/mol. The van der Waals surface area contributed by atoms with Gasteiger partial charge in [0.05, 0.1) is 21.8 Å². The summed E-state index contributed by atoms with van der Waals surface area (Å²) >= 11 is 0. The summed E-state index contributed by atoms with van der Waals surface area (Å²) in [4.78, 5) is 31.1. The van der Waals surface area contributed by atoms with Gasteiger partial charge in [-0.1, -0.05) is 109 Å². The first-order chi connectivity index (χ1) is 29.5. The van der Waals surface area contributed by atoms with E-state index in [1.807, 2.05) is 0 Å². The van der Waals surface area contributed by atoms with Gasteiger partial charge in [0.25, 0.3) is 11.1 Å². The molecule has 4 nitrogen and oxygen atoms in total. The number of nitrogens with zero attached hydrogens (tertiary/aromatic N) is 2. The van der Waals surface area contributed by atoms with Crippen LogP contribution in [-0.2, 0) is 0 Å². The van der Waals surface area contributed by atoms with Gasteiger partial charge >= 0.3 is 0 Å². The van der Waals surface area contributed by atoms with Crippen LogP contribution in [0.4, 0.5) is 0 Å². The van der Waals surface area contributed by atoms with Crippen molar-refractivity contribution in [1.82, 2.24) is 9.03 Å². The van der Waals surface area contributed by atoms with Crippen LogP contribution >= 0.6 is 0 Å². The van der Waals surface area contributed by atoms with Crippen molar-refractivity contribution in [3.63, 3.8) is 0 Å². The molecule has 5 fully saturated rings. The molecule has 2 heterocycles. The molecule has 8 aromatic rings. The van der Waals surface area contributed by atoms with E-state index in [9.17, 15) is 0 Å². The highest BCUT2D eigenvalue weighted by atomic mass is 16.2. The van der Waals surface area contributed by atoms with Gasteiger partial charge in [-0.15, -0.1) is 0 Å². The summed E-state index contributed by atoms with van der Waals surface area (Å²) < 4.78 is 3.73. The summed E-state index contributed by atoms with van der Waals surface area (Å²) in [5.74, 6) is 4.52. The van der Waals surface area contributed by atoms with Gasteiger partial charge in [0, 0.05) is 0 Å². The van der Waals surface area contributed by atoms with Crippen LogP contribution in [0, 0.1) is 29.1 Å². The summed E-state index contributed by atoms with van der Waals surface area (Å²) in [5, 5.41) is 1.64. The van der Waals surface area contributed by atoms with Crippen molar-refractivity contribution < 1.29 is 0 Å². The molecule has 8 aliphatic carbocycles. The molecule has 7 atom stereocenters. The summed E-state index contributed by atoms with van der Waals surface area (Å²) in [7, 11) is 0. The van der Waals surface area contributed by atoms with Gasteiger partial charge in [-0.2, -0.15) is 4.52 Å². The van der Waals surface area contributed by atoms with Crippen molar-refractivity contribution in [3.05, 3.63) is 164 Å². The van der Waals surface area contributed by atoms with Gasteiger partial charge in [0.2, 0.25) is 0 Å². The second-order valence-corrected chi connectivity index (χ2v) is 20.3. The van der Waals surface area contributed by atoms with Gasteiger partial charge < -0.3 is 0 Å². The molecule has 1 spiro atoms. The SMILES string of the molecule is O=c1c2c3c(c(-c4ccccc4-c4ccccc4)cc2n2c4cc(-c5ccccc5-c5ccccc5)c5c(c4c(=O)n12)C1CC2CC4CC5CC421)C1CC2CC(C1)CC3C2. The molecule has 6 aromatic carbocycles. The Labute approximate surface area is 348 Å². The van der Waals surface area contributed by atoms with E-state index in [1.165, 1.54) is 112 Å². The van der Waals surface area contributed by atoms with Crippen molar-refractivity contribution in [2.24, 2.45) is 29.1 Å². The molecule has 0 radical (unpaired) electrons. The minimum atomic E-state index is -0.100. The molecule has 292 valence electrons. The van der Waals surface area contributed by atoms with Crippen LogP contribution in [0.25, 0.3) is 66.3 Å². The highest BCUT2D eigenvalue weighted by Gasteiger charge is 2.72. The number of aromatic nitrogens is 2. The molecule has 0 amide bonds. The van der Waals surface area contributed by atoms with Crippen LogP contribution < -0.4 is 11.1 Å². The molecule has 7 unspecified atom stereocenters. The third-order valence-corrected chi connectivity index (χ3v) is 18.0. The quantitative estimate of drug-likeness (QED) is 0.179. The predicted octanol–water partition coefficient (Wildman–Crippen LogP) is 12.6. The lowest BCUT2D eigenvalue weighted by atomic mass is 9.36. The highest BCUT2D eigenvalue weighted by molar-refractivity contribution is 6.00. The molecule has 2 aromatic heterocycles. The van der Waals surface area contributed by atoms with E-state index < -0.39 is 0 Å². The Balaban J connectivity index is 1.10. The molecule has 60 heavy (non-hydrogen) atoms. The topological polar surface area (TPSA) is 43.0 Å². The average Bonchev–Trinajstić information content (AvgIpc) is 3.86. The zero-order valence-corrected chi connectivity index (χ0v) is 33.7. The monoisotopic (exact) mass is 778 g/mol. The number of benzene rings is 6. The summed E-state index contributed by atoms with van der Waals surface area (Å²) in [6, 6.07) is 44.2. The minimum Gasteiger partial charge on any atom is -0.267 e. The lowest BCUT2D eigenvalue weighted by molar-refractivity contribution is -0.146. The Morgan fingerprint density at radius 3 is 1.47 bits per heavy atom. The van der Waals surface area contributed by atoms with Gasteiger partial charge in [-0.25, -0.2) is 4.52 Å². The molecule has 4 heteroatoms. The standard InChI is InChI=1S/C56H46N2O2/c59-54-52-46(27-43(41-17-9-7-15-39(41)32-11-3-1-4-12-32)48-34-20-30-19-31(21-34)23-35(22-30)50(48)52)57-47-28-44(42-18-10-8-16-40(42)33-13-5-2-6-14-33)49-36-24-37-25-38-26-45(56(37,38)29-36)51(49)53(47)55(60)58(54)57/h1-18,27-28,30-31,34-38,45H,19-26,29H2. The second-order valence-electron chi connectivity index (χ2n) is 20.3. The fourth-order valence-corrected chi connectivity index (χ4v) is 16.1. The first-order valence-corrected chi connectivity index (χ1v) is 22.9. The summed E-state index contributed by atoms with van der Waals surface area (Å²) in [6.07, 6.45) is 11.0. The van der Waals surface area contributed by atoms with Crippen molar-refractivity contribution in [1.29, 1.82) is 0 Å². The second kappa shape index (κ2) is 11.3. The fourth-order valence-electron chi connectivity index (χ4n) is 16.1. The number of hydrogen-bond donors (Lipinski definition) is 0. The van der Waals surface area contributed by atoms with E-state index in [4.69, 9.17) is 0 Å². The van der Waals surface area contributed by atoms with Gasteiger partial charge in [-0.3, -0.25) is 9.59 Å². The van der Waals surface area contributed by atoms with Crippen LogP contribution in [0.1, 0.15) is 104 Å². The van der Waals surface area contributed by atoms with E-state index in [1.54, 1.807) is 4.52 Å². The van der Waals surface area contributed by atoms with Crippen LogP contribution in [0.2, 0.25) is 0 Å². The van der Waals surface area contributed by atoms with Crippen LogP contribution in [0.15, 0.2) is 131 Å². The van der Waals surface area contributed by atoms with Crippen molar-refractivity contribution in [3.8, 4) is 44.5 Å². The van der Waals surface area contributed by atoms with Crippen molar-refractivity contribution in [2.75, 3.05) is 0 Å². The Morgan fingerprint density at radius 2 is 0.900 bits per heavy atom. The van der Waals surface area contributed by atoms with Crippen molar-refractivity contribution >= 4 is 21.8 Å². The van der Waals surface area contributed by atoms with E-state index in [0.29, 0.717) is 40.9 Å². The zero-order valence-electron chi connectivity index (χ0n) is 33.7. The molecular weight excluding hydrogens is 733 g/mol. The summed E-state index contributed by atoms with van der Waals surface area (Å²) in [5.41, 5.74) is 17.2. The third kappa shape index (κ3) is 3.92. The summed E-state index contributed by atoms with van der Waals surface area (Å²) in [6.45, 7) is 0. The Bertz CT molecular complexity index is 3240. The fraction of sp³-hybridized carbons (Fsp3) is 0.321. The first-order valence-electron chi connectivity index (χ1n) is 22.9.